The second-order valence-electron chi connectivity index (χ2n) is 4.62. The molecule has 3 rings (SSSR count). The molecule has 1 unspecified atom stereocenters. The van der Waals surface area contributed by atoms with Crippen molar-refractivity contribution in [2.45, 2.75) is 32.3 Å². The number of nitrogens with one attached hydrogen (secondary N) is 1. The van der Waals surface area contributed by atoms with Crippen molar-refractivity contribution < 1.29 is 9.53 Å². The summed E-state index contributed by atoms with van der Waals surface area (Å²) in [6, 6.07) is 0. The van der Waals surface area contributed by atoms with Crippen LogP contribution in [0.3, 0.4) is 0 Å². The summed E-state index contributed by atoms with van der Waals surface area (Å²) in [7, 11) is 0. The second kappa shape index (κ2) is 5.26. The molecule has 1 saturated heterocycles. The van der Waals surface area contributed by atoms with Crippen molar-refractivity contribution in [1.29, 1.82) is 0 Å². The maximum absolute atomic E-state index is 11.7. The molecule has 0 saturated carbocycles. The zero-order valence-electron chi connectivity index (χ0n) is 10.8. The monoisotopic (exact) mass is 280 g/mol. The summed E-state index contributed by atoms with van der Waals surface area (Å²) in [6.07, 6.45) is 4.18. The highest BCUT2D eigenvalue weighted by Crippen LogP contribution is 2.14. The van der Waals surface area contributed by atoms with Crippen LogP contribution in [0.5, 0.6) is 0 Å². The number of fused-ring (bicyclic) bond motifs is 1. The van der Waals surface area contributed by atoms with E-state index in [0.717, 1.165) is 28.5 Å². The number of carbonyl (C=O) groups excluding carboxylic acids is 1. The van der Waals surface area contributed by atoms with Gasteiger partial charge in [0.15, 0.2) is 0 Å². The Balaban J connectivity index is 1.51. The number of nitrogens with zero attached hydrogens (tertiary/aromatic N) is 3. The van der Waals surface area contributed by atoms with Crippen LogP contribution in [-0.2, 0) is 16.0 Å². The van der Waals surface area contributed by atoms with Crippen molar-refractivity contribution in [1.82, 2.24) is 19.9 Å². The van der Waals surface area contributed by atoms with Crippen LogP contribution in [0.1, 0.15) is 23.5 Å². The summed E-state index contributed by atoms with van der Waals surface area (Å²) in [5.41, 5.74) is 0.950. The van der Waals surface area contributed by atoms with Gasteiger partial charge in [-0.3, -0.25) is 4.79 Å². The first-order valence-corrected chi connectivity index (χ1v) is 7.25. The second-order valence-corrected chi connectivity index (χ2v) is 5.78. The van der Waals surface area contributed by atoms with Crippen molar-refractivity contribution in [2.24, 2.45) is 0 Å². The maximum atomic E-state index is 11.7. The van der Waals surface area contributed by atoms with Crippen LogP contribution >= 0.6 is 11.3 Å². The van der Waals surface area contributed by atoms with Crippen molar-refractivity contribution >= 4 is 22.2 Å². The molecule has 102 valence electrons. The summed E-state index contributed by atoms with van der Waals surface area (Å²) in [5, 5.41) is 8.20. The molecule has 1 amide bonds. The van der Waals surface area contributed by atoms with Gasteiger partial charge in [-0.2, -0.15) is 5.10 Å². The normalized spacial score (nSPS) is 19.1. The summed E-state index contributed by atoms with van der Waals surface area (Å²) >= 11 is 1.57. The van der Waals surface area contributed by atoms with Gasteiger partial charge in [-0.25, -0.2) is 9.50 Å². The first kappa shape index (κ1) is 12.6. The number of ether oxygens (including phenoxy) is 1. The molecule has 7 heteroatoms. The third kappa shape index (κ3) is 2.76. The lowest BCUT2D eigenvalue weighted by atomic mass is 10.2. The lowest BCUT2D eigenvalue weighted by Crippen LogP contribution is -2.35. The molecule has 1 aliphatic heterocycles. The van der Waals surface area contributed by atoms with E-state index in [1.807, 2.05) is 13.1 Å². The molecular formula is C12H16N4O2S. The van der Waals surface area contributed by atoms with Crippen molar-refractivity contribution in [2.75, 3.05) is 13.2 Å². The predicted molar refractivity (Wildman–Crippen MR) is 71.3 cm³/mol. The summed E-state index contributed by atoms with van der Waals surface area (Å²) < 4.78 is 7.12. The van der Waals surface area contributed by atoms with Gasteiger partial charge in [-0.05, 0) is 19.8 Å². The third-order valence-corrected chi connectivity index (χ3v) is 3.93. The Kier molecular flexibility index (Phi) is 3.48. The molecule has 0 aromatic carbocycles. The van der Waals surface area contributed by atoms with Crippen LogP contribution in [0.4, 0.5) is 0 Å². The van der Waals surface area contributed by atoms with Gasteiger partial charge in [0, 0.05) is 19.6 Å². The Morgan fingerprint density at radius 1 is 1.68 bits per heavy atom. The van der Waals surface area contributed by atoms with Crippen molar-refractivity contribution in [3.8, 4) is 0 Å². The van der Waals surface area contributed by atoms with Gasteiger partial charge in [0.25, 0.3) is 0 Å². The molecule has 2 aromatic heterocycles. The van der Waals surface area contributed by atoms with E-state index in [2.05, 4.69) is 15.4 Å². The molecule has 0 aliphatic carbocycles. The number of amides is 1. The highest BCUT2D eigenvalue weighted by molar-refractivity contribution is 7.16. The van der Waals surface area contributed by atoms with Gasteiger partial charge in [0.2, 0.25) is 10.9 Å². The summed E-state index contributed by atoms with van der Waals surface area (Å²) in [4.78, 5) is 17.1. The Morgan fingerprint density at radius 3 is 3.32 bits per heavy atom. The van der Waals surface area contributed by atoms with Crippen LogP contribution in [0.2, 0.25) is 0 Å². The Labute approximate surface area is 114 Å². The van der Waals surface area contributed by atoms with Gasteiger partial charge in [-0.15, -0.1) is 0 Å². The fourth-order valence-corrected chi connectivity index (χ4v) is 2.92. The number of hydrogen-bond acceptors (Lipinski definition) is 5. The van der Waals surface area contributed by atoms with E-state index < -0.39 is 0 Å². The lowest BCUT2D eigenvalue weighted by Gasteiger charge is -2.09. The molecule has 0 radical (unpaired) electrons. The molecular weight excluding hydrogens is 264 g/mol. The minimum atomic E-state index is -0.255. The van der Waals surface area contributed by atoms with Crippen LogP contribution < -0.4 is 5.32 Å². The molecule has 1 fully saturated rings. The molecule has 0 spiro atoms. The van der Waals surface area contributed by atoms with E-state index in [9.17, 15) is 4.79 Å². The van der Waals surface area contributed by atoms with Gasteiger partial charge >= 0.3 is 0 Å². The number of rotatable bonds is 4. The summed E-state index contributed by atoms with van der Waals surface area (Å²) in [6.45, 7) is 3.24. The van der Waals surface area contributed by atoms with Crippen molar-refractivity contribution in [3.05, 3.63) is 16.9 Å². The summed E-state index contributed by atoms with van der Waals surface area (Å²) in [5.74, 6) is -0.00695. The van der Waals surface area contributed by atoms with Gasteiger partial charge < -0.3 is 10.1 Å². The topological polar surface area (TPSA) is 68.5 Å². The smallest absolute Gasteiger partial charge is 0.249 e. The van der Waals surface area contributed by atoms with E-state index in [0.29, 0.717) is 19.6 Å². The zero-order valence-corrected chi connectivity index (χ0v) is 11.6. The maximum Gasteiger partial charge on any atom is 0.249 e. The SMILES string of the molecule is Cc1nn2cc(CCNC(=O)C3CCCO3)nc2s1. The minimum Gasteiger partial charge on any atom is -0.368 e. The first-order valence-electron chi connectivity index (χ1n) is 6.43. The first-order chi connectivity index (χ1) is 9.22. The largest absolute Gasteiger partial charge is 0.368 e. The molecule has 2 aromatic rings. The van der Waals surface area contributed by atoms with Gasteiger partial charge in [0.1, 0.15) is 11.1 Å². The van der Waals surface area contributed by atoms with E-state index in [-0.39, 0.29) is 12.0 Å². The van der Waals surface area contributed by atoms with E-state index in [1.165, 1.54) is 0 Å². The lowest BCUT2D eigenvalue weighted by molar-refractivity contribution is -0.129. The number of carbonyl (C=O) groups is 1. The molecule has 1 atom stereocenters. The van der Waals surface area contributed by atoms with Crippen LogP contribution in [0, 0.1) is 6.92 Å². The fourth-order valence-electron chi connectivity index (χ4n) is 2.18. The van der Waals surface area contributed by atoms with E-state index in [1.54, 1.807) is 15.9 Å². The highest BCUT2D eigenvalue weighted by atomic mass is 32.1. The average molecular weight is 280 g/mol. The average Bonchev–Trinajstić information content (AvgIpc) is 3.03. The van der Waals surface area contributed by atoms with Crippen LogP contribution in [0.15, 0.2) is 6.20 Å². The number of aromatic nitrogens is 3. The van der Waals surface area contributed by atoms with Gasteiger partial charge in [-0.1, -0.05) is 11.3 Å². The quantitative estimate of drug-likeness (QED) is 0.905. The fraction of sp³-hybridized carbons (Fsp3) is 0.583. The molecule has 1 N–H and O–H groups in total. The molecule has 19 heavy (non-hydrogen) atoms. The standard InChI is InChI=1S/C12H16N4O2S/c1-8-15-16-7-9(14-12(16)19-8)4-5-13-11(17)10-3-2-6-18-10/h7,10H,2-6H2,1H3,(H,13,17). The third-order valence-electron chi connectivity index (χ3n) is 3.10. The minimum absolute atomic E-state index is 0.00695. The molecule has 3 heterocycles. The molecule has 1 aliphatic rings. The van der Waals surface area contributed by atoms with Crippen molar-refractivity contribution in [3.63, 3.8) is 0 Å². The number of imidazole rings is 1. The number of aryl methyl sites for hydroxylation is 1. The molecule has 6 nitrogen and oxygen atoms in total. The van der Waals surface area contributed by atoms with E-state index in [4.69, 9.17) is 4.74 Å². The number of hydrogen-bond donors (Lipinski definition) is 1. The zero-order chi connectivity index (χ0) is 13.2. The van der Waals surface area contributed by atoms with Crippen LogP contribution in [-0.4, -0.2) is 39.8 Å². The predicted octanol–water partition coefficient (Wildman–Crippen LogP) is 0.937. The van der Waals surface area contributed by atoms with Crippen LogP contribution in [0.25, 0.3) is 4.96 Å². The Morgan fingerprint density at radius 2 is 2.58 bits per heavy atom. The Hall–Kier alpha value is -1.47. The Bertz CT molecular complexity index is 554. The highest BCUT2D eigenvalue weighted by Gasteiger charge is 2.22. The van der Waals surface area contributed by atoms with Gasteiger partial charge in [0.05, 0.1) is 11.9 Å². The van der Waals surface area contributed by atoms with E-state index >= 15 is 0 Å². The molecule has 0 bridgehead atoms.